The van der Waals surface area contributed by atoms with Gasteiger partial charge in [0.1, 0.15) is 0 Å². The van der Waals surface area contributed by atoms with Gasteiger partial charge in [0.2, 0.25) is 0 Å². The Hall–Kier alpha value is -1.44. The molecular weight excluding hydrogens is 228 g/mol. The summed E-state index contributed by atoms with van der Waals surface area (Å²) in [5.41, 5.74) is 0. The molecule has 15 heavy (non-hydrogen) atoms. The highest BCUT2D eigenvalue weighted by atomic mass is 32.2. The highest BCUT2D eigenvalue weighted by molar-refractivity contribution is 8.01. The Kier molecular flexibility index (Phi) is 8.45. The maximum Gasteiger partial charge on any atom is 0.0542 e. The first-order chi connectivity index (χ1) is 6.68. The van der Waals surface area contributed by atoms with Crippen LogP contribution >= 0.6 is 11.8 Å². The minimum Gasteiger partial charge on any atom is -0.652 e. The summed E-state index contributed by atoms with van der Waals surface area (Å²) in [6.45, 7) is 2.75. The lowest BCUT2D eigenvalue weighted by Crippen LogP contribution is -2.37. The second-order valence-corrected chi connectivity index (χ2v) is 3.99. The first-order valence-corrected chi connectivity index (χ1v) is 4.58. The first kappa shape index (κ1) is 16.0. The SMILES string of the molecule is CC(SC(C)C(=O)[O-])C(=O)[O-].O=C([O-])[O-]. The Balaban J connectivity index is 0. The summed E-state index contributed by atoms with van der Waals surface area (Å²) in [7, 11) is 0. The molecular formula is C7H8O7S-4. The van der Waals surface area contributed by atoms with Crippen LogP contribution in [0.3, 0.4) is 0 Å². The average Bonchev–Trinajstić information content (AvgIpc) is 2.02. The molecule has 2 unspecified atom stereocenters. The molecule has 0 rings (SSSR count). The predicted octanol–water partition coefficient (Wildman–Crippen LogP) is -4.45. The third-order valence-corrected chi connectivity index (χ3v) is 2.27. The molecule has 0 aromatic carbocycles. The summed E-state index contributed by atoms with van der Waals surface area (Å²) in [6.07, 6.45) is -2.33. The van der Waals surface area contributed by atoms with Gasteiger partial charge in [0, 0.05) is 10.5 Å². The largest absolute Gasteiger partial charge is 0.652 e. The fourth-order valence-electron chi connectivity index (χ4n) is 0.417. The van der Waals surface area contributed by atoms with Crippen LogP contribution in [0.5, 0.6) is 0 Å². The molecule has 88 valence electrons. The van der Waals surface area contributed by atoms with E-state index in [1.807, 2.05) is 0 Å². The number of thioether (sulfide) groups is 1. The Morgan fingerprint density at radius 3 is 1.20 bits per heavy atom. The van der Waals surface area contributed by atoms with Gasteiger partial charge in [-0.15, -0.1) is 11.8 Å². The van der Waals surface area contributed by atoms with Crippen LogP contribution in [0.2, 0.25) is 0 Å². The van der Waals surface area contributed by atoms with Crippen LogP contribution in [0.1, 0.15) is 13.8 Å². The normalized spacial score (nSPS) is 12.9. The standard InChI is InChI=1S/C6H10O4S.CH2O3/c1-3(5(7)8)11-4(2)6(9)10;2-1(3)4/h3-4H,1-2H3,(H,7,8)(H,9,10);(H2,2,3,4)/p-4. The van der Waals surface area contributed by atoms with Gasteiger partial charge in [0.25, 0.3) is 0 Å². The van der Waals surface area contributed by atoms with Crippen molar-refractivity contribution in [2.75, 3.05) is 0 Å². The van der Waals surface area contributed by atoms with Crippen molar-refractivity contribution in [1.82, 2.24) is 0 Å². The van der Waals surface area contributed by atoms with Gasteiger partial charge in [-0.1, -0.05) is 0 Å². The summed E-state index contributed by atoms with van der Waals surface area (Å²) in [4.78, 5) is 28.6. The van der Waals surface area contributed by atoms with E-state index in [4.69, 9.17) is 15.0 Å². The summed E-state index contributed by atoms with van der Waals surface area (Å²) < 4.78 is 0. The molecule has 0 aliphatic carbocycles. The van der Waals surface area contributed by atoms with E-state index in [2.05, 4.69) is 0 Å². The molecule has 2 atom stereocenters. The lowest BCUT2D eigenvalue weighted by atomic mass is 10.5. The third kappa shape index (κ3) is 12.6. The summed E-state index contributed by atoms with van der Waals surface area (Å²) in [6, 6.07) is 0. The van der Waals surface area contributed by atoms with Crippen LogP contribution in [0.15, 0.2) is 0 Å². The van der Waals surface area contributed by atoms with E-state index in [0.29, 0.717) is 0 Å². The molecule has 8 heteroatoms. The number of carboxylic acid groups (broad SMARTS) is 4. The van der Waals surface area contributed by atoms with Crippen LogP contribution in [0.4, 0.5) is 4.79 Å². The smallest absolute Gasteiger partial charge is 0.0542 e. The van der Waals surface area contributed by atoms with Gasteiger partial charge >= 0.3 is 0 Å². The van der Waals surface area contributed by atoms with Gasteiger partial charge in [-0.25, -0.2) is 0 Å². The van der Waals surface area contributed by atoms with Crippen molar-refractivity contribution in [3.8, 4) is 0 Å². The Bertz CT molecular complexity index is 217. The second kappa shape index (κ2) is 7.92. The molecule has 0 aromatic rings. The van der Waals surface area contributed by atoms with E-state index in [9.17, 15) is 19.8 Å². The number of carbonyl (C=O) groups is 3. The third-order valence-electron chi connectivity index (χ3n) is 1.07. The monoisotopic (exact) mass is 236 g/mol. The molecule has 0 saturated carbocycles. The molecule has 0 aromatic heterocycles. The highest BCUT2D eigenvalue weighted by Gasteiger charge is 2.09. The van der Waals surface area contributed by atoms with Crippen molar-refractivity contribution >= 4 is 29.9 Å². The second-order valence-electron chi connectivity index (χ2n) is 2.31. The zero-order valence-corrected chi connectivity index (χ0v) is 8.74. The van der Waals surface area contributed by atoms with Crippen LogP contribution in [-0.2, 0) is 9.59 Å². The lowest BCUT2D eigenvalue weighted by Gasteiger charge is -2.17. The van der Waals surface area contributed by atoms with E-state index < -0.39 is 28.6 Å². The fraction of sp³-hybridized carbons (Fsp3) is 0.571. The zero-order valence-electron chi connectivity index (χ0n) is 7.92. The quantitative estimate of drug-likeness (QED) is 0.475. The molecule has 0 aliphatic heterocycles. The number of rotatable bonds is 4. The summed E-state index contributed by atoms with van der Waals surface area (Å²) >= 11 is 0.792. The average molecular weight is 236 g/mol. The van der Waals surface area contributed by atoms with Crippen LogP contribution < -0.4 is 20.4 Å². The Morgan fingerprint density at radius 2 is 1.07 bits per heavy atom. The molecule has 0 radical (unpaired) electrons. The maximum atomic E-state index is 10.1. The molecule has 0 spiro atoms. The number of carboxylic acids is 2. The van der Waals surface area contributed by atoms with E-state index in [1.165, 1.54) is 13.8 Å². The summed E-state index contributed by atoms with van der Waals surface area (Å²) in [5.74, 6) is -2.52. The minimum absolute atomic E-state index is 0.792. The van der Waals surface area contributed by atoms with Crippen molar-refractivity contribution in [1.29, 1.82) is 0 Å². The van der Waals surface area contributed by atoms with Crippen LogP contribution in [-0.4, -0.2) is 28.6 Å². The van der Waals surface area contributed by atoms with Gasteiger partial charge in [0.05, 0.1) is 11.9 Å². The molecule has 0 aliphatic rings. The Morgan fingerprint density at radius 1 is 0.867 bits per heavy atom. The van der Waals surface area contributed by atoms with Gasteiger partial charge in [-0.3, -0.25) is 0 Å². The van der Waals surface area contributed by atoms with Crippen molar-refractivity contribution in [3.05, 3.63) is 0 Å². The molecule has 0 N–H and O–H groups in total. The fourth-order valence-corrected chi connectivity index (χ4v) is 1.25. The number of aliphatic carboxylic acids is 2. The number of hydrogen-bond acceptors (Lipinski definition) is 8. The van der Waals surface area contributed by atoms with Crippen molar-refractivity contribution in [2.45, 2.75) is 24.3 Å². The molecule has 0 bridgehead atoms. The molecule has 0 saturated heterocycles. The lowest BCUT2D eigenvalue weighted by molar-refractivity contribution is -0.415. The van der Waals surface area contributed by atoms with E-state index >= 15 is 0 Å². The zero-order chi connectivity index (χ0) is 12.6. The van der Waals surface area contributed by atoms with E-state index in [-0.39, 0.29) is 0 Å². The minimum atomic E-state index is -2.33. The molecule has 0 amide bonds. The van der Waals surface area contributed by atoms with Crippen molar-refractivity contribution < 1.29 is 34.8 Å². The highest BCUT2D eigenvalue weighted by Crippen LogP contribution is 2.15. The van der Waals surface area contributed by atoms with Crippen molar-refractivity contribution in [2.24, 2.45) is 0 Å². The van der Waals surface area contributed by atoms with Gasteiger partial charge in [-0.2, -0.15) is 0 Å². The molecule has 7 nitrogen and oxygen atoms in total. The van der Waals surface area contributed by atoms with Crippen LogP contribution in [0, 0.1) is 0 Å². The molecule has 0 fully saturated rings. The van der Waals surface area contributed by atoms with Crippen LogP contribution in [0.25, 0.3) is 0 Å². The van der Waals surface area contributed by atoms with Crippen molar-refractivity contribution in [3.63, 3.8) is 0 Å². The first-order valence-electron chi connectivity index (χ1n) is 3.63. The molecule has 0 heterocycles. The number of carbonyl (C=O) groups excluding carboxylic acids is 3. The van der Waals surface area contributed by atoms with E-state index in [1.54, 1.807) is 0 Å². The predicted molar refractivity (Wildman–Crippen MR) is 41.9 cm³/mol. The summed E-state index contributed by atoms with van der Waals surface area (Å²) in [5, 5.41) is 35.3. The van der Waals surface area contributed by atoms with Gasteiger partial charge in [0.15, 0.2) is 0 Å². The Labute approximate surface area is 89.7 Å². The van der Waals surface area contributed by atoms with Gasteiger partial charge < -0.3 is 34.8 Å². The van der Waals surface area contributed by atoms with Gasteiger partial charge in [-0.05, 0) is 20.0 Å². The van der Waals surface area contributed by atoms with E-state index in [0.717, 1.165) is 11.8 Å². The number of hydrogen-bond donors (Lipinski definition) is 0. The maximum absolute atomic E-state index is 10.1. The topological polar surface area (TPSA) is 143 Å².